The Morgan fingerprint density at radius 2 is 1.91 bits per heavy atom. The Labute approximate surface area is 210 Å². The number of fused-ring (bicyclic) bond motifs is 2. The van der Waals surface area contributed by atoms with Crippen molar-refractivity contribution in [3.8, 4) is 17.3 Å². The molecule has 0 aliphatic carbocycles. The highest BCUT2D eigenvalue weighted by atomic mass is 127. The minimum Gasteiger partial charge on any atom is -0.490 e. The third-order valence-corrected chi connectivity index (χ3v) is 6.42. The van der Waals surface area contributed by atoms with Crippen LogP contribution in [0.1, 0.15) is 25.8 Å². The predicted octanol–water partition coefficient (Wildman–Crippen LogP) is 6.47. The molecule has 0 amide bonds. The van der Waals surface area contributed by atoms with E-state index in [1.54, 1.807) is 12.3 Å². The molecule has 0 saturated carbocycles. The molecule has 34 heavy (non-hydrogen) atoms. The van der Waals surface area contributed by atoms with E-state index in [-0.39, 0.29) is 11.7 Å². The summed E-state index contributed by atoms with van der Waals surface area (Å²) < 4.78 is 14.3. The molecule has 0 unspecified atom stereocenters. The molecule has 5 aromatic rings. The molecule has 0 radical (unpaired) electrons. The molecule has 0 fully saturated rings. The van der Waals surface area contributed by atoms with Crippen LogP contribution in [0.4, 0.5) is 0 Å². The van der Waals surface area contributed by atoms with Crippen molar-refractivity contribution in [2.24, 2.45) is 5.10 Å². The Bertz CT molecular complexity index is 1550. The van der Waals surface area contributed by atoms with Gasteiger partial charge in [-0.2, -0.15) is 9.78 Å². The third kappa shape index (κ3) is 4.35. The number of furan rings is 1. The van der Waals surface area contributed by atoms with Gasteiger partial charge in [-0.3, -0.25) is 4.79 Å². The van der Waals surface area contributed by atoms with Crippen molar-refractivity contribution >= 4 is 50.7 Å². The van der Waals surface area contributed by atoms with Gasteiger partial charge < -0.3 is 9.15 Å². The smallest absolute Gasteiger partial charge is 0.282 e. The Morgan fingerprint density at radius 1 is 1.12 bits per heavy atom. The summed E-state index contributed by atoms with van der Waals surface area (Å²) in [5.41, 5.74) is 1.90. The number of hydrogen-bond donors (Lipinski definition) is 0. The van der Waals surface area contributed by atoms with Crippen molar-refractivity contribution < 1.29 is 9.15 Å². The lowest BCUT2D eigenvalue weighted by atomic mass is 10.2. The lowest BCUT2D eigenvalue weighted by molar-refractivity contribution is 0.216. The number of halogens is 1. The summed E-state index contributed by atoms with van der Waals surface area (Å²) in [6.07, 6.45) is 2.72. The van der Waals surface area contributed by atoms with Crippen molar-refractivity contribution in [3.63, 3.8) is 0 Å². The van der Waals surface area contributed by atoms with Crippen molar-refractivity contribution in [1.82, 2.24) is 9.66 Å². The van der Waals surface area contributed by atoms with Gasteiger partial charge in [0.05, 0.1) is 26.8 Å². The monoisotopic (exact) mass is 563 g/mol. The number of rotatable bonds is 6. The average molecular weight is 563 g/mol. The Balaban J connectivity index is 1.60. The number of ether oxygens (including phenoxy) is 1. The summed E-state index contributed by atoms with van der Waals surface area (Å²) >= 11 is 2.25. The van der Waals surface area contributed by atoms with E-state index in [4.69, 9.17) is 14.1 Å². The highest BCUT2D eigenvalue weighted by Gasteiger charge is 2.16. The maximum Gasteiger partial charge on any atom is 0.282 e. The van der Waals surface area contributed by atoms with Crippen LogP contribution in [0.15, 0.2) is 87.1 Å². The normalized spacial score (nSPS) is 12.6. The molecule has 2 heterocycles. The molecular weight excluding hydrogens is 541 g/mol. The van der Waals surface area contributed by atoms with E-state index in [2.05, 4.69) is 34.6 Å². The van der Waals surface area contributed by atoms with Crippen LogP contribution in [0.2, 0.25) is 0 Å². The number of para-hydroxylation sites is 2. The predicted molar refractivity (Wildman–Crippen MR) is 144 cm³/mol. The van der Waals surface area contributed by atoms with Crippen LogP contribution in [0.5, 0.6) is 5.75 Å². The van der Waals surface area contributed by atoms with E-state index >= 15 is 0 Å². The largest absolute Gasteiger partial charge is 0.490 e. The van der Waals surface area contributed by atoms with Crippen LogP contribution in [-0.4, -0.2) is 22.0 Å². The van der Waals surface area contributed by atoms with Gasteiger partial charge in [0.1, 0.15) is 11.3 Å². The second-order valence-corrected chi connectivity index (χ2v) is 9.15. The van der Waals surface area contributed by atoms with E-state index in [9.17, 15) is 4.79 Å². The summed E-state index contributed by atoms with van der Waals surface area (Å²) in [6.45, 7) is 4.14. The highest BCUT2D eigenvalue weighted by Crippen LogP contribution is 2.27. The van der Waals surface area contributed by atoms with Crippen LogP contribution >= 0.6 is 22.6 Å². The lowest BCUT2D eigenvalue weighted by Gasteiger charge is -2.14. The topological polar surface area (TPSA) is 69.6 Å². The van der Waals surface area contributed by atoms with Gasteiger partial charge in [-0.05, 0) is 84.0 Å². The van der Waals surface area contributed by atoms with Crippen molar-refractivity contribution in [2.45, 2.75) is 26.4 Å². The van der Waals surface area contributed by atoms with Crippen molar-refractivity contribution in [3.05, 3.63) is 92.3 Å². The third-order valence-electron chi connectivity index (χ3n) is 5.58. The molecule has 0 bridgehead atoms. The number of hydrogen-bond acceptors (Lipinski definition) is 5. The van der Waals surface area contributed by atoms with E-state index < -0.39 is 0 Å². The molecule has 170 valence electrons. The van der Waals surface area contributed by atoms with E-state index in [0.29, 0.717) is 22.5 Å². The summed E-state index contributed by atoms with van der Waals surface area (Å²) in [6, 6.07) is 22.6. The molecule has 0 aliphatic heterocycles. The fraction of sp³-hybridized carbons (Fsp3) is 0.148. The van der Waals surface area contributed by atoms with Gasteiger partial charge in [0.2, 0.25) is 5.82 Å². The zero-order valence-electron chi connectivity index (χ0n) is 18.7. The molecule has 2 aromatic heterocycles. The summed E-state index contributed by atoms with van der Waals surface area (Å²) in [5.74, 6) is 1.66. The van der Waals surface area contributed by atoms with Crippen LogP contribution < -0.4 is 10.3 Å². The minimum absolute atomic E-state index is 0.140. The van der Waals surface area contributed by atoms with E-state index in [1.807, 2.05) is 73.7 Å². The number of benzene rings is 3. The van der Waals surface area contributed by atoms with E-state index in [0.717, 1.165) is 32.3 Å². The first-order valence-electron chi connectivity index (χ1n) is 11.0. The molecule has 0 N–H and O–H groups in total. The van der Waals surface area contributed by atoms with Crippen LogP contribution in [0.3, 0.4) is 0 Å². The van der Waals surface area contributed by atoms with Gasteiger partial charge in [0, 0.05) is 5.39 Å². The molecule has 3 aromatic carbocycles. The molecule has 5 rings (SSSR count). The summed E-state index contributed by atoms with van der Waals surface area (Å²) in [4.78, 5) is 18.1. The van der Waals surface area contributed by atoms with Gasteiger partial charge in [-0.25, -0.2) is 4.98 Å². The average Bonchev–Trinajstić information content (AvgIpc) is 3.29. The Hall–Kier alpha value is -3.46. The molecule has 0 aliphatic rings. The minimum atomic E-state index is -0.260. The molecule has 0 saturated heterocycles. The Morgan fingerprint density at radius 3 is 2.71 bits per heavy atom. The van der Waals surface area contributed by atoms with Gasteiger partial charge in [0.15, 0.2) is 5.76 Å². The first-order chi connectivity index (χ1) is 16.5. The zero-order chi connectivity index (χ0) is 23.7. The second-order valence-electron chi connectivity index (χ2n) is 7.99. The standard InChI is InChI=1S/C27H22IN3O3/c1-3-17(2)33-24-13-12-18(14-21(24)28)16-29-31-26(25-15-19-8-4-7-11-23(19)34-25)30-22-10-6-5-9-20(22)27(31)32/h4-17H,3H2,1-2H3/t17-/m1/s1. The summed E-state index contributed by atoms with van der Waals surface area (Å²) in [7, 11) is 0. The quantitative estimate of drug-likeness (QED) is 0.175. The van der Waals surface area contributed by atoms with Crippen molar-refractivity contribution in [1.29, 1.82) is 0 Å². The van der Waals surface area contributed by atoms with E-state index in [1.165, 1.54) is 4.68 Å². The Kier molecular flexibility index (Phi) is 6.19. The van der Waals surface area contributed by atoms with Gasteiger partial charge in [-0.1, -0.05) is 37.3 Å². The van der Waals surface area contributed by atoms with Crippen LogP contribution in [0, 0.1) is 3.57 Å². The first-order valence-corrected chi connectivity index (χ1v) is 12.1. The highest BCUT2D eigenvalue weighted by molar-refractivity contribution is 14.1. The van der Waals surface area contributed by atoms with Crippen LogP contribution in [-0.2, 0) is 0 Å². The SMILES string of the molecule is CC[C@@H](C)Oc1ccc(C=Nn2c(-c3cc4ccccc4o3)nc3ccccc3c2=O)cc1I. The number of nitrogens with zero attached hydrogens (tertiary/aromatic N) is 3. The molecule has 6 nitrogen and oxygen atoms in total. The molecule has 0 spiro atoms. The van der Waals surface area contributed by atoms with Crippen LogP contribution in [0.25, 0.3) is 33.5 Å². The molecular formula is C27H22IN3O3. The second kappa shape index (κ2) is 9.42. The molecule has 1 atom stereocenters. The van der Waals surface area contributed by atoms with Crippen molar-refractivity contribution in [2.75, 3.05) is 0 Å². The lowest BCUT2D eigenvalue weighted by Crippen LogP contribution is -2.20. The first kappa shape index (κ1) is 22.3. The van der Waals surface area contributed by atoms with Gasteiger partial charge in [-0.15, -0.1) is 0 Å². The maximum absolute atomic E-state index is 13.4. The van der Waals surface area contributed by atoms with Gasteiger partial charge in [0.25, 0.3) is 5.56 Å². The summed E-state index contributed by atoms with van der Waals surface area (Å²) in [5, 5.41) is 5.96. The molecule has 7 heteroatoms. The fourth-order valence-electron chi connectivity index (χ4n) is 3.60. The zero-order valence-corrected chi connectivity index (χ0v) is 20.9. The van der Waals surface area contributed by atoms with Gasteiger partial charge >= 0.3 is 0 Å². The number of aromatic nitrogens is 2. The fourth-order valence-corrected chi connectivity index (χ4v) is 4.27. The maximum atomic E-state index is 13.4.